The van der Waals surface area contributed by atoms with Crippen molar-refractivity contribution in [3.8, 4) is 17.2 Å². The lowest BCUT2D eigenvalue weighted by molar-refractivity contribution is 0.155. The van der Waals surface area contributed by atoms with Crippen LogP contribution in [0.1, 0.15) is 44.6 Å². The highest BCUT2D eigenvalue weighted by molar-refractivity contribution is 5.53. The molecule has 1 aliphatic carbocycles. The molecule has 0 saturated heterocycles. The van der Waals surface area contributed by atoms with Crippen LogP contribution in [0.15, 0.2) is 12.1 Å². The molecule has 4 nitrogen and oxygen atoms in total. The molecule has 1 aliphatic rings. The molecule has 22 heavy (non-hydrogen) atoms. The van der Waals surface area contributed by atoms with Crippen LogP contribution in [0.25, 0.3) is 0 Å². The van der Waals surface area contributed by atoms with E-state index < -0.39 is 0 Å². The van der Waals surface area contributed by atoms with E-state index in [1.165, 1.54) is 37.7 Å². The van der Waals surface area contributed by atoms with Crippen molar-refractivity contribution in [2.75, 3.05) is 27.9 Å². The first-order valence-corrected chi connectivity index (χ1v) is 8.26. The number of hydrogen-bond acceptors (Lipinski definition) is 4. The van der Waals surface area contributed by atoms with E-state index in [9.17, 15) is 0 Å². The molecule has 1 fully saturated rings. The predicted octanol–water partition coefficient (Wildman–Crippen LogP) is 3.87. The number of ether oxygens (including phenoxy) is 3. The van der Waals surface area contributed by atoms with E-state index >= 15 is 0 Å². The van der Waals surface area contributed by atoms with E-state index in [2.05, 4.69) is 24.0 Å². The Labute approximate surface area is 134 Å². The summed E-state index contributed by atoms with van der Waals surface area (Å²) >= 11 is 0. The SMILES string of the molecule is CCN(Cc1cc(OC)c(OC)c(OC)c1)C1CCCCC1. The number of benzene rings is 1. The lowest BCUT2D eigenvalue weighted by atomic mass is 9.94. The summed E-state index contributed by atoms with van der Waals surface area (Å²) in [7, 11) is 4.97. The first kappa shape index (κ1) is 16.9. The molecule has 4 heteroatoms. The molecule has 124 valence electrons. The van der Waals surface area contributed by atoms with Gasteiger partial charge in [-0.05, 0) is 37.1 Å². The third kappa shape index (κ3) is 3.86. The minimum Gasteiger partial charge on any atom is -0.493 e. The van der Waals surface area contributed by atoms with Gasteiger partial charge in [-0.25, -0.2) is 0 Å². The maximum Gasteiger partial charge on any atom is 0.203 e. The molecule has 0 spiro atoms. The van der Waals surface area contributed by atoms with Crippen molar-refractivity contribution in [3.63, 3.8) is 0 Å². The quantitative estimate of drug-likeness (QED) is 0.765. The Morgan fingerprint density at radius 1 is 0.955 bits per heavy atom. The van der Waals surface area contributed by atoms with Crippen molar-refractivity contribution in [2.24, 2.45) is 0 Å². The van der Waals surface area contributed by atoms with Crippen molar-refractivity contribution in [3.05, 3.63) is 17.7 Å². The molecule has 0 bridgehead atoms. The molecule has 0 aliphatic heterocycles. The van der Waals surface area contributed by atoms with Gasteiger partial charge in [0.15, 0.2) is 11.5 Å². The van der Waals surface area contributed by atoms with Crippen LogP contribution in [0, 0.1) is 0 Å². The zero-order valence-electron chi connectivity index (χ0n) is 14.4. The van der Waals surface area contributed by atoms with Crippen LogP contribution in [-0.2, 0) is 6.54 Å². The van der Waals surface area contributed by atoms with Gasteiger partial charge in [0.2, 0.25) is 5.75 Å². The van der Waals surface area contributed by atoms with Gasteiger partial charge >= 0.3 is 0 Å². The van der Waals surface area contributed by atoms with Gasteiger partial charge in [-0.3, -0.25) is 4.90 Å². The molecule has 0 radical (unpaired) electrons. The Morgan fingerprint density at radius 2 is 1.55 bits per heavy atom. The molecule has 1 aromatic rings. The van der Waals surface area contributed by atoms with Crippen LogP contribution < -0.4 is 14.2 Å². The van der Waals surface area contributed by atoms with E-state index in [4.69, 9.17) is 14.2 Å². The largest absolute Gasteiger partial charge is 0.493 e. The lowest BCUT2D eigenvalue weighted by Gasteiger charge is -2.33. The second kappa shape index (κ2) is 8.28. The highest BCUT2D eigenvalue weighted by Gasteiger charge is 2.21. The van der Waals surface area contributed by atoms with Gasteiger partial charge in [0.25, 0.3) is 0 Å². The molecule has 2 rings (SSSR count). The topological polar surface area (TPSA) is 30.9 Å². The Balaban J connectivity index is 2.19. The Hall–Kier alpha value is -1.42. The van der Waals surface area contributed by atoms with Crippen LogP contribution in [0.3, 0.4) is 0 Å². The third-order valence-electron chi connectivity index (χ3n) is 4.61. The molecular weight excluding hydrogens is 278 g/mol. The maximum absolute atomic E-state index is 5.46. The average molecular weight is 307 g/mol. The second-order valence-electron chi connectivity index (χ2n) is 5.89. The minimum absolute atomic E-state index is 0.662. The number of hydrogen-bond donors (Lipinski definition) is 0. The first-order chi connectivity index (χ1) is 10.7. The highest BCUT2D eigenvalue weighted by Crippen LogP contribution is 2.38. The summed E-state index contributed by atoms with van der Waals surface area (Å²) in [6, 6.07) is 4.83. The molecule has 0 unspecified atom stereocenters. The summed E-state index contributed by atoms with van der Waals surface area (Å²) in [6.45, 7) is 4.24. The first-order valence-electron chi connectivity index (χ1n) is 8.26. The highest BCUT2D eigenvalue weighted by atomic mass is 16.5. The van der Waals surface area contributed by atoms with Crippen LogP contribution in [0.5, 0.6) is 17.2 Å². The zero-order valence-corrected chi connectivity index (χ0v) is 14.4. The molecule has 0 N–H and O–H groups in total. The molecule has 1 saturated carbocycles. The Bertz CT molecular complexity index is 444. The van der Waals surface area contributed by atoms with Gasteiger partial charge in [-0.1, -0.05) is 26.2 Å². The second-order valence-corrected chi connectivity index (χ2v) is 5.89. The van der Waals surface area contributed by atoms with E-state index in [0.717, 1.165) is 24.6 Å². The molecular formula is C18H29NO3. The van der Waals surface area contributed by atoms with Gasteiger partial charge in [0, 0.05) is 12.6 Å². The molecule has 1 aromatic carbocycles. The summed E-state index contributed by atoms with van der Waals surface area (Å²) in [4.78, 5) is 2.57. The van der Waals surface area contributed by atoms with Crippen LogP contribution >= 0.6 is 0 Å². The fourth-order valence-electron chi connectivity index (χ4n) is 3.41. The van der Waals surface area contributed by atoms with E-state index in [-0.39, 0.29) is 0 Å². The van der Waals surface area contributed by atoms with Gasteiger partial charge < -0.3 is 14.2 Å². The van der Waals surface area contributed by atoms with Crippen LogP contribution in [0.2, 0.25) is 0 Å². The average Bonchev–Trinajstić information content (AvgIpc) is 2.59. The monoisotopic (exact) mass is 307 g/mol. The summed E-state index contributed by atoms with van der Waals surface area (Å²) in [6.07, 6.45) is 6.74. The molecule has 0 aromatic heterocycles. The predicted molar refractivity (Wildman–Crippen MR) is 89.1 cm³/mol. The van der Waals surface area contributed by atoms with Crippen LogP contribution in [-0.4, -0.2) is 38.8 Å². The van der Waals surface area contributed by atoms with Crippen molar-refractivity contribution >= 4 is 0 Å². The third-order valence-corrected chi connectivity index (χ3v) is 4.61. The standard InChI is InChI=1S/C18H29NO3/c1-5-19(15-9-7-6-8-10-15)13-14-11-16(20-2)18(22-4)17(12-14)21-3/h11-12,15H,5-10,13H2,1-4H3. The summed E-state index contributed by atoms with van der Waals surface area (Å²) in [5.41, 5.74) is 1.21. The zero-order chi connectivity index (χ0) is 15.9. The van der Waals surface area contributed by atoms with E-state index in [1.54, 1.807) is 21.3 Å². The number of rotatable bonds is 7. The fraction of sp³-hybridized carbons (Fsp3) is 0.667. The minimum atomic E-state index is 0.662. The smallest absolute Gasteiger partial charge is 0.203 e. The maximum atomic E-state index is 5.46. The van der Waals surface area contributed by atoms with E-state index in [0.29, 0.717) is 11.8 Å². The van der Waals surface area contributed by atoms with Gasteiger partial charge in [-0.15, -0.1) is 0 Å². The fourth-order valence-corrected chi connectivity index (χ4v) is 3.41. The lowest BCUT2D eigenvalue weighted by Crippen LogP contribution is -2.36. The van der Waals surface area contributed by atoms with Gasteiger partial charge in [0.1, 0.15) is 0 Å². The van der Waals surface area contributed by atoms with Crippen LogP contribution in [0.4, 0.5) is 0 Å². The molecule has 0 heterocycles. The Morgan fingerprint density at radius 3 is 2.00 bits per heavy atom. The van der Waals surface area contributed by atoms with Gasteiger partial charge in [0.05, 0.1) is 21.3 Å². The number of nitrogens with zero attached hydrogens (tertiary/aromatic N) is 1. The van der Waals surface area contributed by atoms with E-state index in [1.807, 2.05) is 0 Å². The molecule has 0 amide bonds. The number of methoxy groups -OCH3 is 3. The van der Waals surface area contributed by atoms with Gasteiger partial charge in [-0.2, -0.15) is 0 Å². The van der Waals surface area contributed by atoms with Crippen molar-refractivity contribution in [1.29, 1.82) is 0 Å². The van der Waals surface area contributed by atoms with Crippen molar-refractivity contribution in [2.45, 2.75) is 51.6 Å². The normalized spacial score (nSPS) is 15.9. The van der Waals surface area contributed by atoms with Crippen molar-refractivity contribution in [1.82, 2.24) is 4.90 Å². The Kier molecular flexibility index (Phi) is 6.37. The summed E-state index contributed by atoms with van der Waals surface area (Å²) in [5.74, 6) is 2.13. The summed E-state index contributed by atoms with van der Waals surface area (Å²) in [5, 5.41) is 0. The summed E-state index contributed by atoms with van der Waals surface area (Å²) < 4.78 is 16.3. The molecule has 0 atom stereocenters. The van der Waals surface area contributed by atoms with Crippen molar-refractivity contribution < 1.29 is 14.2 Å².